The van der Waals surface area contributed by atoms with Crippen LogP contribution in [0.4, 0.5) is 5.69 Å². The quantitative estimate of drug-likeness (QED) is 0.621. The second-order valence-corrected chi connectivity index (χ2v) is 7.94. The van der Waals surface area contributed by atoms with Gasteiger partial charge in [0.25, 0.3) is 15.7 Å². The predicted octanol–water partition coefficient (Wildman–Crippen LogP) is 2.66. The van der Waals surface area contributed by atoms with Crippen molar-refractivity contribution in [2.45, 2.75) is 17.9 Å². The molecule has 1 atom stereocenters. The fraction of sp³-hybridized carbons (Fsp3) is 0.167. The third-order valence-electron chi connectivity index (χ3n) is 4.36. The lowest BCUT2D eigenvalue weighted by atomic mass is 10.00. The number of nitrogens with zero attached hydrogens (tertiary/aromatic N) is 2. The number of nitro benzene ring substituents is 1. The molecule has 0 spiro atoms. The summed E-state index contributed by atoms with van der Waals surface area (Å²) < 4.78 is 27.3. The molecule has 9 heteroatoms. The second-order valence-electron chi connectivity index (χ2n) is 6.08. The summed E-state index contributed by atoms with van der Waals surface area (Å²) in [5, 5.41) is 20.8. The minimum absolute atomic E-state index is 0.0824. The maximum atomic E-state index is 13.2. The summed E-state index contributed by atoms with van der Waals surface area (Å²) in [6.45, 7) is 1.67. The zero-order chi connectivity index (χ0) is 19.8. The average molecular weight is 388 g/mol. The molecule has 1 aliphatic heterocycles. The van der Waals surface area contributed by atoms with Gasteiger partial charge in [0.05, 0.1) is 16.5 Å². The zero-order valence-corrected chi connectivity index (χ0v) is 15.1. The highest BCUT2D eigenvalue weighted by atomic mass is 32.2. The topological polar surface area (TPSA) is 118 Å². The minimum atomic E-state index is -4.31. The molecule has 1 aliphatic rings. The molecule has 1 heterocycles. The van der Waals surface area contributed by atoms with Gasteiger partial charge in [-0.2, -0.15) is 4.31 Å². The van der Waals surface area contributed by atoms with Crippen LogP contribution in [0.25, 0.3) is 0 Å². The highest BCUT2D eigenvalue weighted by molar-refractivity contribution is 7.89. The van der Waals surface area contributed by atoms with Crippen molar-refractivity contribution in [1.29, 1.82) is 0 Å². The zero-order valence-electron chi connectivity index (χ0n) is 14.3. The Labute approximate surface area is 155 Å². The molecule has 27 heavy (non-hydrogen) atoms. The van der Waals surface area contributed by atoms with Gasteiger partial charge in [-0.3, -0.25) is 10.1 Å². The van der Waals surface area contributed by atoms with E-state index in [-0.39, 0.29) is 12.1 Å². The lowest BCUT2D eigenvalue weighted by Gasteiger charge is -2.26. The predicted molar refractivity (Wildman–Crippen MR) is 96.6 cm³/mol. The number of para-hydroxylation sites is 1. The van der Waals surface area contributed by atoms with Crippen molar-refractivity contribution in [3.63, 3.8) is 0 Å². The summed E-state index contributed by atoms with van der Waals surface area (Å²) in [6.07, 6.45) is 1.32. The van der Waals surface area contributed by atoms with Gasteiger partial charge >= 0.3 is 5.97 Å². The summed E-state index contributed by atoms with van der Waals surface area (Å²) in [4.78, 5) is 21.7. The highest BCUT2D eigenvalue weighted by Crippen LogP contribution is 2.39. The summed E-state index contributed by atoms with van der Waals surface area (Å²) in [7, 11) is -4.31. The van der Waals surface area contributed by atoms with Crippen molar-refractivity contribution in [2.75, 3.05) is 6.54 Å². The van der Waals surface area contributed by atoms with Crippen molar-refractivity contribution < 1.29 is 23.2 Å². The molecular weight excluding hydrogens is 372 g/mol. The largest absolute Gasteiger partial charge is 0.478 e. The van der Waals surface area contributed by atoms with E-state index in [2.05, 4.69) is 0 Å². The van der Waals surface area contributed by atoms with Crippen LogP contribution in [0.15, 0.2) is 65.1 Å². The Kier molecular flexibility index (Phi) is 4.81. The van der Waals surface area contributed by atoms with Gasteiger partial charge in [-0.15, -0.1) is 0 Å². The van der Waals surface area contributed by atoms with Crippen LogP contribution in [0.1, 0.15) is 17.2 Å². The number of carboxylic acid groups (broad SMARTS) is 1. The van der Waals surface area contributed by atoms with Crippen LogP contribution in [0.5, 0.6) is 0 Å². The van der Waals surface area contributed by atoms with E-state index in [1.807, 2.05) is 6.92 Å². The van der Waals surface area contributed by atoms with Crippen molar-refractivity contribution in [3.8, 4) is 0 Å². The van der Waals surface area contributed by atoms with Gasteiger partial charge in [-0.1, -0.05) is 48.0 Å². The Morgan fingerprint density at radius 3 is 2.41 bits per heavy atom. The first-order chi connectivity index (χ1) is 12.7. The molecule has 0 fully saturated rings. The Morgan fingerprint density at radius 1 is 1.19 bits per heavy atom. The Bertz CT molecular complexity index is 1040. The van der Waals surface area contributed by atoms with E-state index in [1.165, 1.54) is 18.2 Å². The molecule has 0 aromatic heterocycles. The standard InChI is InChI=1S/C18H16N2O6S/c1-12-6-8-13(9-7-12)17-14(18(21)22)10-11-19(17)27(25,26)16-5-3-2-4-15(16)20(23)24/h2-10,17H,11H2,1H3,(H,21,22). The van der Waals surface area contributed by atoms with Gasteiger partial charge in [0.15, 0.2) is 4.90 Å². The number of hydrogen-bond donors (Lipinski definition) is 1. The fourth-order valence-electron chi connectivity index (χ4n) is 3.05. The Hall–Kier alpha value is -3.04. The molecule has 140 valence electrons. The van der Waals surface area contributed by atoms with Crippen LogP contribution in [0.2, 0.25) is 0 Å². The SMILES string of the molecule is Cc1ccc(C2C(C(=O)O)=CCN2S(=O)(=O)c2ccccc2[N+](=O)[O-])cc1. The summed E-state index contributed by atoms with van der Waals surface area (Å²) in [5.74, 6) is -1.24. The number of aryl methyl sites for hydroxylation is 1. The summed E-state index contributed by atoms with van der Waals surface area (Å²) in [6, 6.07) is 10.8. The van der Waals surface area contributed by atoms with Crippen molar-refractivity contribution in [2.24, 2.45) is 0 Å². The molecule has 2 aromatic carbocycles. The van der Waals surface area contributed by atoms with E-state index in [4.69, 9.17) is 0 Å². The number of carboxylic acids is 1. The number of aliphatic carboxylic acids is 1. The van der Waals surface area contributed by atoms with E-state index in [9.17, 15) is 28.4 Å². The lowest BCUT2D eigenvalue weighted by molar-refractivity contribution is -0.387. The van der Waals surface area contributed by atoms with Gasteiger partial charge in [0, 0.05) is 12.6 Å². The number of nitro groups is 1. The van der Waals surface area contributed by atoms with E-state index in [1.54, 1.807) is 24.3 Å². The monoisotopic (exact) mass is 388 g/mol. The normalized spacial score (nSPS) is 17.5. The molecule has 0 saturated carbocycles. The molecule has 0 bridgehead atoms. The summed E-state index contributed by atoms with van der Waals surface area (Å²) >= 11 is 0. The van der Waals surface area contributed by atoms with Crippen LogP contribution in [-0.2, 0) is 14.8 Å². The van der Waals surface area contributed by atoms with Gasteiger partial charge in [0.1, 0.15) is 0 Å². The highest BCUT2D eigenvalue weighted by Gasteiger charge is 2.42. The first-order valence-corrected chi connectivity index (χ1v) is 9.42. The van der Waals surface area contributed by atoms with Crippen LogP contribution in [-0.4, -0.2) is 35.3 Å². The van der Waals surface area contributed by atoms with Crippen LogP contribution in [0, 0.1) is 17.0 Å². The van der Waals surface area contributed by atoms with Gasteiger partial charge in [-0.25, -0.2) is 13.2 Å². The molecule has 2 aromatic rings. The lowest BCUT2D eigenvalue weighted by Crippen LogP contribution is -2.33. The third kappa shape index (κ3) is 3.34. The molecule has 0 aliphatic carbocycles. The van der Waals surface area contributed by atoms with Gasteiger partial charge in [-0.05, 0) is 18.6 Å². The van der Waals surface area contributed by atoms with Crippen LogP contribution >= 0.6 is 0 Å². The smallest absolute Gasteiger partial charge is 0.333 e. The van der Waals surface area contributed by atoms with Crippen molar-refractivity contribution >= 4 is 21.7 Å². The Morgan fingerprint density at radius 2 is 1.81 bits per heavy atom. The fourth-order valence-corrected chi connectivity index (χ4v) is 4.74. The van der Waals surface area contributed by atoms with E-state index in [0.717, 1.165) is 22.0 Å². The maximum Gasteiger partial charge on any atom is 0.333 e. The molecule has 1 N–H and O–H groups in total. The number of benzene rings is 2. The number of carbonyl (C=O) groups is 1. The molecule has 0 amide bonds. The number of rotatable bonds is 5. The molecule has 1 unspecified atom stereocenters. The van der Waals surface area contributed by atoms with Gasteiger partial charge < -0.3 is 5.11 Å². The van der Waals surface area contributed by atoms with E-state index in [0.29, 0.717) is 5.56 Å². The molecule has 3 rings (SSSR count). The summed E-state index contributed by atoms with van der Waals surface area (Å²) in [5.41, 5.74) is 0.782. The minimum Gasteiger partial charge on any atom is -0.478 e. The number of hydrogen-bond acceptors (Lipinski definition) is 5. The molecule has 8 nitrogen and oxygen atoms in total. The first-order valence-electron chi connectivity index (χ1n) is 7.98. The molecule has 0 radical (unpaired) electrons. The van der Waals surface area contributed by atoms with Crippen molar-refractivity contribution in [3.05, 3.63) is 81.4 Å². The Balaban J connectivity index is 2.13. The van der Waals surface area contributed by atoms with Gasteiger partial charge in [0.2, 0.25) is 0 Å². The second kappa shape index (κ2) is 6.93. The van der Waals surface area contributed by atoms with Crippen molar-refractivity contribution in [1.82, 2.24) is 4.31 Å². The maximum absolute atomic E-state index is 13.2. The van der Waals surface area contributed by atoms with Crippen LogP contribution in [0.3, 0.4) is 0 Å². The van der Waals surface area contributed by atoms with E-state index >= 15 is 0 Å². The molecular formula is C18H16N2O6S. The van der Waals surface area contributed by atoms with E-state index < -0.39 is 37.5 Å². The number of sulfonamides is 1. The van der Waals surface area contributed by atoms with Crippen LogP contribution < -0.4 is 0 Å². The third-order valence-corrected chi connectivity index (χ3v) is 6.24. The average Bonchev–Trinajstić information content (AvgIpc) is 3.08. The first kappa shape index (κ1) is 18.7. The molecule has 0 saturated heterocycles.